The maximum absolute atomic E-state index is 2.49. The molecule has 0 amide bonds. The zero-order chi connectivity index (χ0) is 48.2. The van der Waals surface area contributed by atoms with Gasteiger partial charge in [0, 0.05) is 42.6 Å². The highest BCUT2D eigenvalue weighted by molar-refractivity contribution is 7.25. The van der Waals surface area contributed by atoms with Crippen molar-refractivity contribution in [3.63, 3.8) is 0 Å². The first-order valence-corrected chi connectivity index (χ1v) is 26.3. The van der Waals surface area contributed by atoms with Gasteiger partial charge in [0.2, 0.25) is 0 Å². The van der Waals surface area contributed by atoms with Gasteiger partial charge in [0.1, 0.15) is 0 Å². The van der Waals surface area contributed by atoms with Gasteiger partial charge >= 0.3 is 0 Å². The van der Waals surface area contributed by atoms with Crippen molar-refractivity contribution in [2.75, 3.05) is 0 Å². The van der Waals surface area contributed by atoms with Crippen molar-refractivity contribution in [3.8, 4) is 39.1 Å². The van der Waals surface area contributed by atoms with Gasteiger partial charge in [-0.25, -0.2) is 0 Å². The second kappa shape index (κ2) is 18.1. The van der Waals surface area contributed by atoms with Crippen LogP contribution >= 0.6 is 11.3 Å². The number of hydrogen-bond donors (Lipinski definition) is 0. The second-order valence-corrected chi connectivity index (χ2v) is 20.6. The number of aryl methyl sites for hydroxylation is 1. The van der Waals surface area contributed by atoms with Crippen LogP contribution in [0.3, 0.4) is 0 Å². The zero-order valence-electron chi connectivity index (χ0n) is 40.3. The Morgan fingerprint density at radius 3 is 1.60 bits per heavy atom. The molecule has 1 nitrogen and oxygen atoms in total. The third-order valence-electron chi connectivity index (χ3n) is 15.3. The molecular formula is C71H49NS. The summed E-state index contributed by atoms with van der Waals surface area (Å²) in [4.78, 5) is 0. The van der Waals surface area contributed by atoms with E-state index in [2.05, 4.69) is 271 Å². The molecule has 344 valence electrons. The van der Waals surface area contributed by atoms with E-state index in [0.29, 0.717) is 0 Å². The number of fused-ring (bicyclic) bond motifs is 9. The summed E-state index contributed by atoms with van der Waals surface area (Å²) < 4.78 is 5.05. The lowest BCUT2D eigenvalue weighted by Gasteiger charge is -2.20. The predicted octanol–water partition coefficient (Wildman–Crippen LogP) is 19.2. The van der Waals surface area contributed by atoms with E-state index in [0.717, 1.165) is 12.8 Å². The Labute approximate surface area is 430 Å². The average Bonchev–Trinajstić information content (AvgIpc) is 4.11. The van der Waals surface area contributed by atoms with E-state index < -0.39 is 0 Å². The van der Waals surface area contributed by atoms with Crippen molar-refractivity contribution in [1.82, 2.24) is 4.57 Å². The summed E-state index contributed by atoms with van der Waals surface area (Å²) in [6.07, 6.45) is 1.90. The molecule has 0 saturated heterocycles. The Morgan fingerprint density at radius 1 is 0.356 bits per heavy atom. The largest absolute Gasteiger partial charge is 0.309 e. The summed E-state index contributed by atoms with van der Waals surface area (Å²) in [5, 5.41) is 5.20. The van der Waals surface area contributed by atoms with E-state index in [9.17, 15) is 0 Å². The van der Waals surface area contributed by atoms with Crippen molar-refractivity contribution in [3.05, 3.63) is 306 Å². The molecule has 2 aromatic heterocycles. The molecule has 1 atom stereocenters. The molecule has 0 saturated carbocycles. The molecule has 1 unspecified atom stereocenters. The Morgan fingerprint density at radius 2 is 0.890 bits per heavy atom. The summed E-state index contributed by atoms with van der Waals surface area (Å²) >= 11 is 1.88. The zero-order valence-corrected chi connectivity index (χ0v) is 41.1. The van der Waals surface area contributed by atoms with Crippen LogP contribution in [0.1, 0.15) is 51.3 Å². The van der Waals surface area contributed by atoms with Crippen molar-refractivity contribution < 1.29 is 0 Å². The van der Waals surface area contributed by atoms with Crippen LogP contribution in [0.4, 0.5) is 0 Å². The average molecular weight is 948 g/mol. The van der Waals surface area contributed by atoms with E-state index in [1.54, 1.807) is 0 Å². The van der Waals surface area contributed by atoms with Gasteiger partial charge < -0.3 is 4.57 Å². The molecule has 11 aromatic carbocycles. The van der Waals surface area contributed by atoms with Crippen molar-refractivity contribution in [2.45, 2.75) is 18.8 Å². The fourth-order valence-electron chi connectivity index (χ4n) is 11.8. The fourth-order valence-corrected chi connectivity index (χ4v) is 12.9. The molecule has 0 N–H and O–H groups in total. The number of nitrogens with zero attached hydrogens (tertiary/aromatic N) is 1. The van der Waals surface area contributed by atoms with Crippen molar-refractivity contribution >= 4 is 64.5 Å². The van der Waals surface area contributed by atoms with E-state index in [1.807, 2.05) is 11.3 Å². The number of aromatic nitrogens is 1. The van der Waals surface area contributed by atoms with Crippen LogP contribution in [-0.2, 0) is 6.42 Å². The molecule has 0 spiro atoms. The van der Waals surface area contributed by atoms with E-state index in [-0.39, 0.29) is 5.92 Å². The first kappa shape index (κ1) is 43.0. The lowest BCUT2D eigenvalue weighted by atomic mass is 9.84. The van der Waals surface area contributed by atoms with Crippen LogP contribution in [0, 0.1) is 0 Å². The lowest BCUT2D eigenvalue weighted by Crippen LogP contribution is -2.04. The molecule has 0 aliphatic heterocycles. The Kier molecular flexibility index (Phi) is 10.7. The van der Waals surface area contributed by atoms with Crippen LogP contribution in [0.2, 0.25) is 0 Å². The monoisotopic (exact) mass is 947 g/mol. The molecule has 13 aromatic rings. The van der Waals surface area contributed by atoms with Crippen molar-refractivity contribution in [1.29, 1.82) is 0 Å². The molecule has 1 aliphatic rings. The molecular weight excluding hydrogens is 899 g/mol. The summed E-state index contributed by atoms with van der Waals surface area (Å²) in [5.74, 6) is 0.184. The summed E-state index contributed by atoms with van der Waals surface area (Å²) in [6.45, 7) is 0. The van der Waals surface area contributed by atoms with Gasteiger partial charge in [0.05, 0.1) is 11.0 Å². The van der Waals surface area contributed by atoms with E-state index >= 15 is 0 Å². The van der Waals surface area contributed by atoms with Crippen LogP contribution in [0.15, 0.2) is 267 Å². The van der Waals surface area contributed by atoms with Crippen LogP contribution < -0.4 is 0 Å². The van der Waals surface area contributed by atoms with Crippen molar-refractivity contribution in [2.24, 2.45) is 0 Å². The number of rotatable bonds is 10. The smallest absolute Gasteiger partial charge is 0.0541 e. The molecule has 0 radical (unpaired) electrons. The van der Waals surface area contributed by atoms with Gasteiger partial charge in [-0.2, -0.15) is 0 Å². The Balaban J connectivity index is 0.837. The summed E-state index contributed by atoms with van der Waals surface area (Å²) in [5.41, 5.74) is 22.8. The third kappa shape index (κ3) is 7.62. The van der Waals surface area contributed by atoms with Gasteiger partial charge in [-0.15, -0.1) is 11.3 Å². The maximum atomic E-state index is 2.49. The minimum atomic E-state index is 0.184. The molecule has 14 rings (SSSR count). The first-order valence-electron chi connectivity index (χ1n) is 25.5. The predicted molar refractivity (Wildman–Crippen MR) is 311 cm³/mol. The fraction of sp³-hybridized carbons (Fsp3) is 0.0423. The lowest BCUT2D eigenvalue weighted by molar-refractivity contribution is 0.715. The van der Waals surface area contributed by atoms with Gasteiger partial charge in [-0.1, -0.05) is 224 Å². The molecule has 0 fully saturated rings. The number of thiophene rings is 1. The third-order valence-corrected chi connectivity index (χ3v) is 16.4. The van der Waals surface area contributed by atoms with Gasteiger partial charge in [0.15, 0.2) is 0 Å². The van der Waals surface area contributed by atoms with Gasteiger partial charge in [-0.3, -0.25) is 0 Å². The SMILES string of the molecule is c1ccc(C(=C2c3ccccc3-c3ccc(CCC(c4ccc(-c5ccc6c(c5)sc5ccccc56)cc4)c4ccc(-c5ccc6c(c5)c5ccccc5n6-c5ccccc5)cc4)cc32)c2ccccc2)cc1. The topological polar surface area (TPSA) is 4.93 Å². The maximum Gasteiger partial charge on any atom is 0.0541 e. The van der Waals surface area contributed by atoms with Gasteiger partial charge in [0.25, 0.3) is 0 Å². The molecule has 0 bridgehead atoms. The number of para-hydroxylation sites is 2. The van der Waals surface area contributed by atoms with Crippen LogP contribution in [0.5, 0.6) is 0 Å². The number of benzene rings is 11. The highest BCUT2D eigenvalue weighted by Gasteiger charge is 2.28. The molecule has 2 heterocycles. The molecule has 1 aliphatic carbocycles. The Hall–Kier alpha value is -8.82. The molecule has 73 heavy (non-hydrogen) atoms. The van der Waals surface area contributed by atoms with Crippen LogP contribution in [0.25, 0.3) is 92.2 Å². The minimum absolute atomic E-state index is 0.184. The Bertz CT molecular complexity index is 4170. The standard InChI is InChI=1S/C71H49NS/c1-4-16-52(17-5-1)70(53-18-6-2-7-19-53)71-63-25-11-10-22-58(63)59-41-29-47(44-65(59)71)28-40-57(51-36-32-49(33-37-51)55-38-42-62-61-24-13-15-27-68(61)73-69(62)46-55)50-34-30-48(31-35-50)54-39-43-67-64(45-54)60-23-12-14-26-66(60)72(67)56-20-8-3-9-21-56/h1-27,29-39,41-46,57H,28,40H2. The highest BCUT2D eigenvalue weighted by Crippen LogP contribution is 2.50. The minimum Gasteiger partial charge on any atom is -0.309 e. The normalized spacial score (nSPS) is 12.4. The second-order valence-electron chi connectivity index (χ2n) is 19.5. The quantitative estimate of drug-likeness (QED) is 0.129. The highest BCUT2D eigenvalue weighted by atomic mass is 32.1. The summed E-state index contributed by atoms with van der Waals surface area (Å²) in [6, 6.07) is 99.1. The number of hydrogen-bond acceptors (Lipinski definition) is 1. The van der Waals surface area contributed by atoms with E-state index in [1.165, 1.54) is 131 Å². The van der Waals surface area contributed by atoms with E-state index in [4.69, 9.17) is 0 Å². The van der Waals surface area contributed by atoms with Gasteiger partial charge in [-0.05, 0) is 139 Å². The molecule has 2 heteroatoms. The van der Waals surface area contributed by atoms with Crippen LogP contribution in [-0.4, -0.2) is 4.57 Å². The first-order chi connectivity index (χ1) is 36.2. The summed E-state index contributed by atoms with van der Waals surface area (Å²) in [7, 11) is 0.